The van der Waals surface area contributed by atoms with Gasteiger partial charge in [-0.1, -0.05) is 32.1 Å². The SMILES string of the molecule is CC(C)C=C([SiH2]c1cccs1)C(=O)OC(C)C. The largest absolute Gasteiger partial charge is 0.460 e. The first-order valence-corrected chi connectivity index (χ1v) is 8.22. The van der Waals surface area contributed by atoms with Crippen molar-refractivity contribution in [2.75, 3.05) is 0 Å². The fraction of sp³-hybridized carbons (Fsp3) is 0.462. The van der Waals surface area contributed by atoms with Gasteiger partial charge in [0, 0.05) is 5.20 Å². The normalized spacial score (nSPS) is 12.9. The van der Waals surface area contributed by atoms with Crippen molar-refractivity contribution in [1.82, 2.24) is 0 Å². The second-order valence-corrected chi connectivity index (χ2v) is 8.07. The van der Waals surface area contributed by atoms with Crippen LogP contribution in [0, 0.1) is 5.92 Å². The molecule has 0 aromatic carbocycles. The van der Waals surface area contributed by atoms with Crippen LogP contribution in [0.25, 0.3) is 0 Å². The maximum Gasteiger partial charge on any atom is 0.329 e. The van der Waals surface area contributed by atoms with Gasteiger partial charge in [0.25, 0.3) is 0 Å². The molecular weight excluding hydrogens is 248 g/mol. The highest BCUT2D eigenvalue weighted by Gasteiger charge is 2.14. The van der Waals surface area contributed by atoms with Crippen LogP contribution in [0.4, 0.5) is 0 Å². The highest BCUT2D eigenvalue weighted by molar-refractivity contribution is 7.20. The van der Waals surface area contributed by atoms with E-state index in [2.05, 4.69) is 31.4 Å². The van der Waals surface area contributed by atoms with Crippen LogP contribution in [-0.2, 0) is 9.53 Å². The van der Waals surface area contributed by atoms with Crippen molar-refractivity contribution in [3.8, 4) is 0 Å². The zero-order chi connectivity index (χ0) is 12.8. The Morgan fingerprint density at radius 1 is 1.41 bits per heavy atom. The Morgan fingerprint density at radius 3 is 2.59 bits per heavy atom. The second kappa shape index (κ2) is 6.76. The molecule has 1 heterocycles. The third kappa shape index (κ3) is 5.32. The van der Waals surface area contributed by atoms with Crippen LogP contribution < -0.4 is 4.50 Å². The number of thiophene rings is 1. The Hall–Kier alpha value is -0.873. The molecule has 0 fully saturated rings. The minimum absolute atomic E-state index is 0.0459. The summed E-state index contributed by atoms with van der Waals surface area (Å²) in [7, 11) is -0.683. The third-order valence-electron chi connectivity index (χ3n) is 2.08. The van der Waals surface area contributed by atoms with Crippen LogP contribution in [-0.4, -0.2) is 21.6 Å². The first-order valence-electron chi connectivity index (χ1n) is 5.93. The highest BCUT2D eigenvalue weighted by atomic mass is 32.1. The number of hydrogen-bond donors (Lipinski definition) is 0. The molecule has 0 amide bonds. The first-order chi connectivity index (χ1) is 7.99. The van der Waals surface area contributed by atoms with Gasteiger partial charge in [-0.2, -0.15) is 11.3 Å². The van der Waals surface area contributed by atoms with Crippen molar-refractivity contribution < 1.29 is 9.53 Å². The van der Waals surface area contributed by atoms with E-state index in [1.54, 1.807) is 11.3 Å². The Morgan fingerprint density at radius 2 is 2.12 bits per heavy atom. The molecule has 0 atom stereocenters. The first kappa shape index (κ1) is 14.2. The van der Waals surface area contributed by atoms with Gasteiger partial charge in [0.2, 0.25) is 0 Å². The van der Waals surface area contributed by atoms with Crippen LogP contribution in [0.1, 0.15) is 27.7 Å². The number of carbonyl (C=O) groups excluding carboxylic acids is 1. The Labute approximate surface area is 110 Å². The van der Waals surface area contributed by atoms with E-state index in [1.807, 2.05) is 19.9 Å². The van der Waals surface area contributed by atoms with Crippen molar-refractivity contribution in [2.24, 2.45) is 5.92 Å². The molecular formula is C13H20O2SSi. The van der Waals surface area contributed by atoms with Crippen LogP contribution in [0.5, 0.6) is 0 Å². The van der Waals surface area contributed by atoms with E-state index < -0.39 is 9.52 Å². The summed E-state index contributed by atoms with van der Waals surface area (Å²) in [5.41, 5.74) is 0. The summed E-state index contributed by atoms with van der Waals surface area (Å²) < 4.78 is 6.63. The monoisotopic (exact) mass is 268 g/mol. The number of allylic oxidation sites excluding steroid dienone is 1. The van der Waals surface area contributed by atoms with Crippen LogP contribution >= 0.6 is 11.3 Å². The third-order valence-corrected chi connectivity index (χ3v) is 5.24. The van der Waals surface area contributed by atoms with Gasteiger partial charge in [0.15, 0.2) is 0 Å². The van der Waals surface area contributed by atoms with Crippen molar-refractivity contribution >= 4 is 31.3 Å². The van der Waals surface area contributed by atoms with Crippen molar-refractivity contribution in [3.05, 3.63) is 28.8 Å². The van der Waals surface area contributed by atoms with Gasteiger partial charge in [-0.05, 0) is 29.6 Å². The average molecular weight is 268 g/mol. The van der Waals surface area contributed by atoms with Gasteiger partial charge in [0.05, 0.1) is 6.10 Å². The molecule has 0 bridgehead atoms. The van der Waals surface area contributed by atoms with E-state index in [1.165, 1.54) is 4.50 Å². The van der Waals surface area contributed by atoms with Crippen LogP contribution in [0.15, 0.2) is 28.8 Å². The quantitative estimate of drug-likeness (QED) is 0.464. The lowest BCUT2D eigenvalue weighted by molar-refractivity contribution is -0.141. The summed E-state index contributed by atoms with van der Waals surface area (Å²) in [4.78, 5) is 12.0. The Kier molecular flexibility index (Phi) is 5.65. The molecule has 0 N–H and O–H groups in total. The number of rotatable bonds is 5. The van der Waals surface area contributed by atoms with Gasteiger partial charge in [-0.15, -0.1) is 0 Å². The molecule has 0 spiro atoms. The predicted octanol–water partition coefficient (Wildman–Crippen LogP) is 2.03. The number of carbonyl (C=O) groups is 1. The molecule has 4 heteroatoms. The lowest BCUT2D eigenvalue weighted by atomic mass is 10.2. The molecule has 1 rings (SSSR count). The summed E-state index contributed by atoms with van der Waals surface area (Å²) in [5, 5.41) is 2.96. The summed E-state index contributed by atoms with van der Waals surface area (Å²) in [6, 6.07) is 4.14. The Balaban J connectivity index is 2.77. The summed E-state index contributed by atoms with van der Waals surface area (Å²) >= 11 is 1.73. The van der Waals surface area contributed by atoms with E-state index in [-0.39, 0.29) is 12.1 Å². The molecule has 0 aliphatic carbocycles. The number of esters is 1. The second-order valence-electron chi connectivity index (χ2n) is 4.65. The average Bonchev–Trinajstić information content (AvgIpc) is 2.67. The molecule has 1 aromatic heterocycles. The molecule has 94 valence electrons. The number of hydrogen-bond acceptors (Lipinski definition) is 3. The van der Waals surface area contributed by atoms with E-state index in [0.717, 1.165) is 5.20 Å². The maximum atomic E-state index is 12.0. The lowest BCUT2D eigenvalue weighted by Gasteiger charge is -2.11. The summed E-state index contributed by atoms with van der Waals surface area (Å²) in [6.07, 6.45) is 2.01. The maximum absolute atomic E-state index is 12.0. The fourth-order valence-corrected chi connectivity index (χ4v) is 4.52. The van der Waals surface area contributed by atoms with Crippen LogP contribution in [0.2, 0.25) is 0 Å². The molecule has 1 aromatic rings. The minimum Gasteiger partial charge on any atom is -0.460 e. The highest BCUT2D eigenvalue weighted by Crippen LogP contribution is 2.07. The molecule has 17 heavy (non-hydrogen) atoms. The number of ether oxygens (including phenoxy) is 1. The van der Waals surface area contributed by atoms with Crippen molar-refractivity contribution in [3.63, 3.8) is 0 Å². The minimum atomic E-state index is -0.683. The Bertz CT molecular complexity index is 380. The van der Waals surface area contributed by atoms with Gasteiger partial charge in [-0.3, -0.25) is 0 Å². The molecule has 0 saturated carbocycles. The smallest absolute Gasteiger partial charge is 0.329 e. The fourth-order valence-electron chi connectivity index (χ4n) is 1.49. The van der Waals surface area contributed by atoms with Gasteiger partial charge >= 0.3 is 5.97 Å². The molecule has 0 unspecified atom stereocenters. The van der Waals surface area contributed by atoms with Crippen molar-refractivity contribution in [1.29, 1.82) is 0 Å². The van der Waals surface area contributed by atoms with Gasteiger partial charge in [0.1, 0.15) is 9.52 Å². The molecule has 0 aliphatic heterocycles. The van der Waals surface area contributed by atoms with E-state index in [4.69, 9.17) is 4.74 Å². The summed E-state index contributed by atoms with van der Waals surface area (Å²) in [6.45, 7) is 7.95. The van der Waals surface area contributed by atoms with E-state index >= 15 is 0 Å². The van der Waals surface area contributed by atoms with Gasteiger partial charge < -0.3 is 4.74 Å². The molecule has 0 saturated heterocycles. The zero-order valence-corrected chi connectivity index (χ0v) is 13.1. The van der Waals surface area contributed by atoms with E-state index in [9.17, 15) is 4.79 Å². The predicted molar refractivity (Wildman–Crippen MR) is 76.6 cm³/mol. The van der Waals surface area contributed by atoms with Gasteiger partial charge in [-0.25, -0.2) is 4.79 Å². The summed E-state index contributed by atoms with van der Waals surface area (Å²) in [5.74, 6) is 0.256. The van der Waals surface area contributed by atoms with E-state index in [0.29, 0.717) is 5.92 Å². The van der Waals surface area contributed by atoms with Crippen LogP contribution in [0.3, 0.4) is 0 Å². The topological polar surface area (TPSA) is 26.3 Å². The molecule has 2 nitrogen and oxygen atoms in total. The molecule has 0 aliphatic rings. The standard InChI is InChI=1S/C13H20O2SSi/c1-9(2)8-11(13(14)15-10(3)4)17-12-6-5-7-16-12/h5-10H,17H2,1-4H3. The zero-order valence-electron chi connectivity index (χ0n) is 10.9. The van der Waals surface area contributed by atoms with Crippen molar-refractivity contribution in [2.45, 2.75) is 33.8 Å². The lowest BCUT2D eigenvalue weighted by Crippen LogP contribution is -2.23. The molecule has 0 radical (unpaired) electrons.